The minimum atomic E-state index is -0.164. The third-order valence-corrected chi connectivity index (χ3v) is 4.90. The Balaban J connectivity index is 1.48. The summed E-state index contributed by atoms with van der Waals surface area (Å²) in [5, 5.41) is 7.37. The number of amides is 1. The van der Waals surface area contributed by atoms with Gasteiger partial charge in [-0.15, -0.1) is 0 Å². The van der Waals surface area contributed by atoms with Crippen LogP contribution in [-0.2, 0) is 17.8 Å². The molecule has 0 aliphatic heterocycles. The van der Waals surface area contributed by atoms with E-state index in [2.05, 4.69) is 10.4 Å². The van der Waals surface area contributed by atoms with Gasteiger partial charge in [-0.1, -0.05) is 48.0 Å². The number of carbonyl (C=O) groups is 1. The van der Waals surface area contributed by atoms with Gasteiger partial charge in [-0.3, -0.25) is 9.59 Å². The maximum Gasteiger partial charge on any atom is 0.266 e. The normalized spacial score (nSPS) is 10.6. The minimum Gasteiger partial charge on any atom is -0.496 e. The number of ether oxygens (including phenoxy) is 1. The first-order valence-corrected chi connectivity index (χ1v) is 10.1. The molecule has 0 unspecified atom stereocenters. The molecule has 3 aromatic rings. The van der Waals surface area contributed by atoms with Crippen molar-refractivity contribution in [2.24, 2.45) is 0 Å². The molecule has 0 saturated heterocycles. The zero-order chi connectivity index (χ0) is 21.3. The Morgan fingerprint density at radius 3 is 2.60 bits per heavy atom. The zero-order valence-electron chi connectivity index (χ0n) is 17.4. The molecule has 0 fully saturated rings. The number of para-hydroxylation sites is 1. The highest BCUT2D eigenvalue weighted by Gasteiger charge is 2.07. The van der Waals surface area contributed by atoms with Crippen LogP contribution in [0.3, 0.4) is 0 Å². The van der Waals surface area contributed by atoms with Gasteiger partial charge in [0.05, 0.1) is 12.8 Å². The van der Waals surface area contributed by atoms with Crippen LogP contribution < -0.4 is 15.6 Å². The number of nitrogens with zero attached hydrogens (tertiary/aromatic N) is 2. The molecule has 6 heteroatoms. The minimum absolute atomic E-state index is 0.0346. The lowest BCUT2D eigenvalue weighted by Crippen LogP contribution is -2.27. The van der Waals surface area contributed by atoms with Crippen LogP contribution >= 0.6 is 0 Å². The van der Waals surface area contributed by atoms with Crippen LogP contribution in [0.15, 0.2) is 65.5 Å². The fraction of sp³-hybridized carbons (Fsp3) is 0.292. The van der Waals surface area contributed by atoms with Gasteiger partial charge in [-0.25, -0.2) is 4.68 Å². The molecule has 156 valence electrons. The van der Waals surface area contributed by atoms with Crippen molar-refractivity contribution in [2.75, 3.05) is 13.7 Å². The largest absolute Gasteiger partial charge is 0.496 e. The van der Waals surface area contributed by atoms with Crippen molar-refractivity contribution in [2.45, 2.75) is 32.7 Å². The lowest BCUT2D eigenvalue weighted by atomic mass is 10.1. The number of carbonyl (C=O) groups excluding carboxylic acids is 1. The van der Waals surface area contributed by atoms with Gasteiger partial charge in [0.2, 0.25) is 5.91 Å². The number of methoxy groups -OCH3 is 1. The summed E-state index contributed by atoms with van der Waals surface area (Å²) in [4.78, 5) is 24.2. The second kappa shape index (κ2) is 10.4. The van der Waals surface area contributed by atoms with E-state index in [1.807, 2.05) is 55.5 Å². The molecule has 2 aromatic carbocycles. The van der Waals surface area contributed by atoms with E-state index in [0.717, 1.165) is 22.6 Å². The molecule has 0 saturated carbocycles. The molecule has 0 atom stereocenters. The summed E-state index contributed by atoms with van der Waals surface area (Å²) in [5.74, 6) is 0.790. The first-order chi connectivity index (χ1) is 14.6. The molecular formula is C24H27N3O3. The highest BCUT2D eigenvalue weighted by molar-refractivity contribution is 5.75. The summed E-state index contributed by atoms with van der Waals surface area (Å²) in [5.41, 5.74) is 3.77. The van der Waals surface area contributed by atoms with Crippen molar-refractivity contribution in [3.63, 3.8) is 0 Å². The predicted molar refractivity (Wildman–Crippen MR) is 118 cm³/mol. The molecule has 0 spiro atoms. The van der Waals surface area contributed by atoms with Crippen LogP contribution in [0, 0.1) is 6.92 Å². The van der Waals surface area contributed by atoms with Crippen LogP contribution in [0.2, 0.25) is 0 Å². The monoisotopic (exact) mass is 405 g/mol. The molecule has 6 nitrogen and oxygen atoms in total. The third kappa shape index (κ3) is 5.80. The Kier molecular flexibility index (Phi) is 7.38. The van der Waals surface area contributed by atoms with Gasteiger partial charge in [0.1, 0.15) is 5.75 Å². The molecule has 0 bridgehead atoms. The first-order valence-electron chi connectivity index (χ1n) is 10.1. The lowest BCUT2D eigenvalue weighted by Gasteiger charge is -2.10. The summed E-state index contributed by atoms with van der Waals surface area (Å²) < 4.78 is 6.75. The van der Waals surface area contributed by atoms with Crippen molar-refractivity contribution in [1.29, 1.82) is 0 Å². The highest BCUT2D eigenvalue weighted by atomic mass is 16.5. The maximum atomic E-state index is 12.1. The van der Waals surface area contributed by atoms with E-state index in [1.54, 1.807) is 13.2 Å². The average molecular weight is 405 g/mol. The fourth-order valence-corrected chi connectivity index (χ4v) is 3.21. The molecule has 0 radical (unpaired) electrons. The number of benzene rings is 2. The van der Waals surface area contributed by atoms with Crippen LogP contribution in [0.4, 0.5) is 0 Å². The summed E-state index contributed by atoms with van der Waals surface area (Å²) in [6, 6.07) is 19.0. The number of hydrogen-bond acceptors (Lipinski definition) is 4. The molecule has 1 aromatic heterocycles. The molecule has 3 rings (SSSR count). The van der Waals surface area contributed by atoms with Crippen LogP contribution in [0.25, 0.3) is 11.3 Å². The Morgan fingerprint density at radius 1 is 1.07 bits per heavy atom. The van der Waals surface area contributed by atoms with Crippen molar-refractivity contribution in [3.05, 3.63) is 82.1 Å². The van der Waals surface area contributed by atoms with E-state index in [-0.39, 0.29) is 11.5 Å². The number of aryl methyl sites for hydroxylation is 2. The van der Waals surface area contributed by atoms with Crippen molar-refractivity contribution < 1.29 is 9.53 Å². The van der Waals surface area contributed by atoms with Crippen molar-refractivity contribution in [3.8, 4) is 17.0 Å². The number of hydrogen-bond donors (Lipinski definition) is 1. The van der Waals surface area contributed by atoms with E-state index < -0.39 is 0 Å². The summed E-state index contributed by atoms with van der Waals surface area (Å²) in [7, 11) is 1.64. The molecule has 0 aliphatic rings. The fourth-order valence-electron chi connectivity index (χ4n) is 3.21. The zero-order valence-corrected chi connectivity index (χ0v) is 17.4. The van der Waals surface area contributed by atoms with E-state index in [0.29, 0.717) is 32.4 Å². The Morgan fingerprint density at radius 2 is 1.83 bits per heavy atom. The molecule has 0 aliphatic carbocycles. The van der Waals surface area contributed by atoms with Gasteiger partial charge in [0.15, 0.2) is 0 Å². The van der Waals surface area contributed by atoms with Gasteiger partial charge >= 0.3 is 0 Å². The van der Waals surface area contributed by atoms with Gasteiger partial charge < -0.3 is 10.1 Å². The molecule has 1 amide bonds. The second-order valence-corrected chi connectivity index (χ2v) is 7.16. The predicted octanol–water partition coefficient (Wildman–Crippen LogP) is 3.37. The molecule has 30 heavy (non-hydrogen) atoms. The van der Waals surface area contributed by atoms with E-state index in [4.69, 9.17) is 4.74 Å². The summed E-state index contributed by atoms with van der Waals surface area (Å²) in [6.07, 6.45) is 1.59. The van der Waals surface area contributed by atoms with Crippen LogP contribution in [0.5, 0.6) is 5.75 Å². The van der Waals surface area contributed by atoms with Gasteiger partial charge in [0, 0.05) is 31.1 Å². The Bertz CT molecular complexity index is 1040. The maximum absolute atomic E-state index is 12.1. The highest BCUT2D eigenvalue weighted by Crippen LogP contribution is 2.17. The van der Waals surface area contributed by atoms with Gasteiger partial charge in [-0.05, 0) is 37.5 Å². The Hall–Kier alpha value is -3.41. The number of nitrogens with one attached hydrogen (secondary N) is 1. The second-order valence-electron chi connectivity index (χ2n) is 7.16. The SMILES string of the molecule is COc1ccccc1CCNC(=O)CCCn1nc(-c2ccc(C)cc2)ccc1=O. The lowest BCUT2D eigenvalue weighted by molar-refractivity contribution is -0.121. The topological polar surface area (TPSA) is 73.2 Å². The van der Waals surface area contributed by atoms with Crippen LogP contribution in [0.1, 0.15) is 24.0 Å². The van der Waals surface area contributed by atoms with E-state index in [9.17, 15) is 9.59 Å². The van der Waals surface area contributed by atoms with Gasteiger partial charge in [0.25, 0.3) is 5.56 Å². The number of aromatic nitrogens is 2. The standard InChI is InChI=1S/C24H27N3O3/c1-18-9-11-19(12-10-18)21-13-14-24(29)27(26-21)17-5-8-23(28)25-16-15-20-6-3-4-7-22(20)30-2/h3-4,6-7,9-14H,5,8,15-17H2,1-2H3,(H,25,28). The van der Waals surface area contributed by atoms with Crippen molar-refractivity contribution >= 4 is 5.91 Å². The molecule has 1 heterocycles. The van der Waals surface area contributed by atoms with Gasteiger partial charge in [-0.2, -0.15) is 5.10 Å². The summed E-state index contributed by atoms with van der Waals surface area (Å²) >= 11 is 0. The summed E-state index contributed by atoms with van der Waals surface area (Å²) in [6.45, 7) is 2.97. The van der Waals surface area contributed by atoms with E-state index in [1.165, 1.54) is 16.3 Å². The Labute approximate surface area is 176 Å². The van der Waals surface area contributed by atoms with E-state index >= 15 is 0 Å². The quantitative estimate of drug-likeness (QED) is 0.592. The van der Waals surface area contributed by atoms with Crippen molar-refractivity contribution in [1.82, 2.24) is 15.1 Å². The average Bonchev–Trinajstić information content (AvgIpc) is 2.76. The smallest absolute Gasteiger partial charge is 0.266 e. The van der Waals surface area contributed by atoms with Crippen LogP contribution in [-0.4, -0.2) is 29.3 Å². The number of rotatable bonds is 9. The first kappa shape index (κ1) is 21.3. The molecular weight excluding hydrogens is 378 g/mol. The molecule has 1 N–H and O–H groups in total. The third-order valence-electron chi connectivity index (χ3n) is 4.90.